The molecule has 2 rings (SSSR count). The van der Waals surface area contributed by atoms with E-state index in [0.29, 0.717) is 27.8 Å². The Balaban J connectivity index is 2.09. The molecule has 0 atom stereocenters. The van der Waals surface area contributed by atoms with Gasteiger partial charge in [0.15, 0.2) is 0 Å². The molecule has 2 aromatic rings. The molecule has 0 aromatic heterocycles. The zero-order chi connectivity index (χ0) is 15.4. The highest BCUT2D eigenvalue weighted by Crippen LogP contribution is 2.27. The van der Waals surface area contributed by atoms with Crippen LogP contribution in [0.3, 0.4) is 0 Å². The first-order valence-corrected chi connectivity index (χ1v) is 6.65. The lowest BCUT2D eigenvalue weighted by Crippen LogP contribution is -2.20. The molecule has 0 saturated heterocycles. The van der Waals surface area contributed by atoms with Crippen molar-refractivity contribution in [2.75, 3.05) is 23.5 Å². The number of nitrogens with one attached hydrogen (secondary N) is 2. The van der Waals surface area contributed by atoms with Crippen molar-refractivity contribution in [3.8, 4) is 5.75 Å². The van der Waals surface area contributed by atoms with Gasteiger partial charge >= 0.3 is 6.03 Å². The number of nitrogens with two attached hydrogens (primary N) is 1. The maximum absolute atomic E-state index is 12.0. The van der Waals surface area contributed by atoms with Crippen LogP contribution in [0.4, 0.5) is 21.9 Å². The van der Waals surface area contributed by atoms with Crippen LogP contribution in [0, 0.1) is 6.92 Å². The smallest absolute Gasteiger partial charge is 0.323 e. The number of urea groups is 1. The molecule has 0 aliphatic rings. The Morgan fingerprint density at radius 2 is 2.00 bits per heavy atom. The minimum Gasteiger partial charge on any atom is -0.497 e. The van der Waals surface area contributed by atoms with Crippen LogP contribution >= 0.6 is 11.6 Å². The van der Waals surface area contributed by atoms with Gasteiger partial charge in [-0.15, -0.1) is 0 Å². The third kappa shape index (κ3) is 3.79. The van der Waals surface area contributed by atoms with Gasteiger partial charge in [0.05, 0.1) is 17.8 Å². The standard InChI is InChI=1S/C15H16ClN3O2/c1-9-6-13(17)12(16)8-14(9)19-15(20)18-10-4-3-5-11(7-10)21-2/h3-8H,17H2,1-2H3,(H2,18,19,20). The van der Waals surface area contributed by atoms with Gasteiger partial charge in [0.25, 0.3) is 0 Å². The topological polar surface area (TPSA) is 76.4 Å². The van der Waals surface area contributed by atoms with Crippen molar-refractivity contribution in [2.45, 2.75) is 6.92 Å². The number of hydrogen-bond donors (Lipinski definition) is 3. The van der Waals surface area contributed by atoms with Crippen LogP contribution < -0.4 is 21.1 Å². The first-order chi connectivity index (χ1) is 9.99. The lowest BCUT2D eigenvalue weighted by molar-refractivity contribution is 0.262. The molecule has 110 valence electrons. The Hall–Kier alpha value is -2.40. The van der Waals surface area contributed by atoms with E-state index in [1.54, 1.807) is 43.5 Å². The summed E-state index contributed by atoms with van der Waals surface area (Å²) in [6.07, 6.45) is 0. The minimum atomic E-state index is -0.368. The number of carbonyl (C=O) groups is 1. The Kier molecular flexibility index (Phi) is 4.55. The second-order valence-electron chi connectivity index (χ2n) is 4.50. The molecule has 0 unspecified atom stereocenters. The van der Waals surface area contributed by atoms with Gasteiger partial charge < -0.3 is 21.1 Å². The van der Waals surface area contributed by atoms with Gasteiger partial charge in [0.2, 0.25) is 0 Å². The second kappa shape index (κ2) is 6.37. The average Bonchev–Trinajstić information content (AvgIpc) is 2.45. The summed E-state index contributed by atoms with van der Waals surface area (Å²) >= 11 is 5.96. The van der Waals surface area contributed by atoms with E-state index >= 15 is 0 Å². The number of benzene rings is 2. The van der Waals surface area contributed by atoms with E-state index in [1.165, 1.54) is 0 Å². The van der Waals surface area contributed by atoms with Crippen LogP contribution in [-0.4, -0.2) is 13.1 Å². The molecular formula is C15H16ClN3O2. The number of aryl methyl sites for hydroxylation is 1. The molecule has 0 aliphatic carbocycles. The van der Waals surface area contributed by atoms with Crippen molar-refractivity contribution in [1.82, 2.24) is 0 Å². The van der Waals surface area contributed by atoms with E-state index in [4.69, 9.17) is 22.1 Å². The lowest BCUT2D eigenvalue weighted by atomic mass is 10.2. The van der Waals surface area contributed by atoms with Crippen molar-refractivity contribution >= 4 is 34.7 Å². The molecule has 5 nitrogen and oxygen atoms in total. The third-order valence-corrected chi connectivity index (χ3v) is 3.25. The summed E-state index contributed by atoms with van der Waals surface area (Å²) in [6, 6.07) is 10.0. The summed E-state index contributed by atoms with van der Waals surface area (Å²) in [5.41, 5.74) is 8.25. The number of halogens is 1. The first-order valence-electron chi connectivity index (χ1n) is 6.27. The number of anilines is 3. The zero-order valence-electron chi connectivity index (χ0n) is 11.7. The van der Waals surface area contributed by atoms with Gasteiger partial charge in [0, 0.05) is 17.4 Å². The molecule has 6 heteroatoms. The number of carbonyl (C=O) groups excluding carboxylic acids is 1. The summed E-state index contributed by atoms with van der Waals surface area (Å²) in [4.78, 5) is 12.0. The molecule has 4 N–H and O–H groups in total. The maximum atomic E-state index is 12.0. The number of nitrogen functional groups attached to an aromatic ring is 1. The molecule has 0 radical (unpaired) electrons. The van der Waals surface area contributed by atoms with E-state index in [-0.39, 0.29) is 6.03 Å². The van der Waals surface area contributed by atoms with Crippen molar-refractivity contribution in [2.24, 2.45) is 0 Å². The van der Waals surface area contributed by atoms with Crippen LogP contribution in [0.1, 0.15) is 5.56 Å². The van der Waals surface area contributed by atoms with Crippen LogP contribution in [0.2, 0.25) is 5.02 Å². The summed E-state index contributed by atoms with van der Waals surface area (Å²) in [7, 11) is 1.57. The molecule has 2 aromatic carbocycles. The normalized spacial score (nSPS) is 10.0. The largest absolute Gasteiger partial charge is 0.497 e. The van der Waals surface area contributed by atoms with E-state index in [0.717, 1.165) is 5.56 Å². The molecule has 0 saturated carbocycles. The Morgan fingerprint density at radius 1 is 1.24 bits per heavy atom. The van der Waals surface area contributed by atoms with Crippen molar-refractivity contribution < 1.29 is 9.53 Å². The van der Waals surface area contributed by atoms with Gasteiger partial charge in [-0.25, -0.2) is 4.79 Å². The fourth-order valence-electron chi connectivity index (χ4n) is 1.82. The van der Waals surface area contributed by atoms with Crippen LogP contribution in [0.15, 0.2) is 36.4 Å². The van der Waals surface area contributed by atoms with Crippen LogP contribution in [0.5, 0.6) is 5.75 Å². The molecule has 2 amide bonds. The average molecular weight is 306 g/mol. The molecular weight excluding hydrogens is 290 g/mol. The van der Waals surface area contributed by atoms with E-state index in [9.17, 15) is 4.79 Å². The van der Waals surface area contributed by atoms with Gasteiger partial charge in [-0.3, -0.25) is 0 Å². The quantitative estimate of drug-likeness (QED) is 0.753. The van der Waals surface area contributed by atoms with Gasteiger partial charge in [-0.2, -0.15) is 0 Å². The fraction of sp³-hybridized carbons (Fsp3) is 0.133. The lowest BCUT2D eigenvalue weighted by Gasteiger charge is -2.12. The predicted molar refractivity (Wildman–Crippen MR) is 86.2 cm³/mol. The molecule has 0 fully saturated rings. The van der Waals surface area contributed by atoms with Crippen molar-refractivity contribution in [3.63, 3.8) is 0 Å². The Labute approximate surface area is 128 Å². The summed E-state index contributed by atoms with van der Waals surface area (Å²) < 4.78 is 5.10. The fourth-order valence-corrected chi connectivity index (χ4v) is 1.99. The van der Waals surface area contributed by atoms with Gasteiger partial charge in [-0.1, -0.05) is 17.7 Å². The highest BCUT2D eigenvalue weighted by molar-refractivity contribution is 6.33. The van der Waals surface area contributed by atoms with Gasteiger partial charge in [-0.05, 0) is 36.8 Å². The number of methoxy groups -OCH3 is 1. The maximum Gasteiger partial charge on any atom is 0.323 e. The van der Waals surface area contributed by atoms with Gasteiger partial charge in [0.1, 0.15) is 5.75 Å². The molecule has 0 heterocycles. The number of rotatable bonds is 3. The zero-order valence-corrected chi connectivity index (χ0v) is 12.5. The number of hydrogen-bond acceptors (Lipinski definition) is 3. The first kappa shape index (κ1) is 15.0. The van der Waals surface area contributed by atoms with Crippen molar-refractivity contribution in [1.29, 1.82) is 0 Å². The van der Waals surface area contributed by atoms with E-state index in [1.807, 2.05) is 6.92 Å². The van der Waals surface area contributed by atoms with Crippen molar-refractivity contribution in [3.05, 3.63) is 47.0 Å². The third-order valence-electron chi connectivity index (χ3n) is 2.92. The van der Waals surface area contributed by atoms with Crippen LogP contribution in [0.25, 0.3) is 0 Å². The Bertz CT molecular complexity index is 674. The Morgan fingerprint density at radius 3 is 2.71 bits per heavy atom. The summed E-state index contributed by atoms with van der Waals surface area (Å²) in [5.74, 6) is 0.666. The second-order valence-corrected chi connectivity index (χ2v) is 4.91. The van der Waals surface area contributed by atoms with E-state index in [2.05, 4.69) is 10.6 Å². The summed E-state index contributed by atoms with van der Waals surface area (Å²) in [6.45, 7) is 1.84. The SMILES string of the molecule is COc1cccc(NC(=O)Nc2cc(Cl)c(N)cc2C)c1. The number of amides is 2. The highest BCUT2D eigenvalue weighted by Gasteiger charge is 2.08. The molecule has 0 spiro atoms. The summed E-state index contributed by atoms with van der Waals surface area (Å²) in [5, 5.41) is 5.86. The predicted octanol–water partition coefficient (Wildman–Crippen LogP) is 3.88. The monoisotopic (exact) mass is 305 g/mol. The highest BCUT2D eigenvalue weighted by atomic mass is 35.5. The molecule has 21 heavy (non-hydrogen) atoms. The molecule has 0 bridgehead atoms. The molecule has 0 aliphatic heterocycles. The van der Waals surface area contributed by atoms with E-state index < -0.39 is 0 Å². The van der Waals surface area contributed by atoms with Crippen LogP contribution in [-0.2, 0) is 0 Å². The minimum absolute atomic E-state index is 0.368. The number of ether oxygens (including phenoxy) is 1.